The zero-order chi connectivity index (χ0) is 17.1. The second-order valence-corrected chi connectivity index (χ2v) is 6.71. The first kappa shape index (κ1) is 16.9. The Kier molecular flexibility index (Phi) is 5.16. The summed E-state index contributed by atoms with van der Waals surface area (Å²) in [5, 5.41) is 0. The van der Waals surface area contributed by atoms with Crippen LogP contribution in [0.1, 0.15) is 10.4 Å². The van der Waals surface area contributed by atoms with Gasteiger partial charge in [0.25, 0.3) is 5.91 Å². The van der Waals surface area contributed by atoms with Crippen LogP contribution < -0.4 is 4.74 Å². The zero-order valence-corrected chi connectivity index (χ0v) is 14.9. The van der Waals surface area contributed by atoms with Gasteiger partial charge in [-0.05, 0) is 49.5 Å². The normalized spacial score (nSPS) is 15.4. The molecule has 0 spiro atoms. The molecule has 3 rings (SSSR count). The highest BCUT2D eigenvalue weighted by Gasteiger charge is 2.21. The number of likely N-dealkylation sites (N-methyl/N-ethyl adjacent to an activating group) is 1. The third-order valence-electron chi connectivity index (χ3n) is 4.01. The maximum absolute atomic E-state index is 14.3. The Morgan fingerprint density at radius 1 is 1.08 bits per heavy atom. The molecule has 0 unspecified atom stereocenters. The van der Waals surface area contributed by atoms with E-state index in [0.717, 1.165) is 17.6 Å². The van der Waals surface area contributed by atoms with Crippen LogP contribution in [0.15, 0.2) is 46.9 Å². The molecule has 0 N–H and O–H groups in total. The Morgan fingerprint density at radius 3 is 2.38 bits per heavy atom. The van der Waals surface area contributed by atoms with E-state index in [2.05, 4.69) is 20.8 Å². The number of ether oxygens (including phenoxy) is 1. The van der Waals surface area contributed by atoms with E-state index in [9.17, 15) is 9.18 Å². The largest absolute Gasteiger partial charge is 0.454 e. The Bertz CT molecular complexity index is 728. The summed E-state index contributed by atoms with van der Waals surface area (Å²) in [6.07, 6.45) is 0. The summed E-state index contributed by atoms with van der Waals surface area (Å²) in [4.78, 5) is 16.4. The van der Waals surface area contributed by atoms with Crippen molar-refractivity contribution in [3.63, 3.8) is 0 Å². The van der Waals surface area contributed by atoms with E-state index in [1.807, 2.05) is 19.2 Å². The molecule has 24 heavy (non-hydrogen) atoms. The fourth-order valence-corrected chi connectivity index (χ4v) is 2.80. The summed E-state index contributed by atoms with van der Waals surface area (Å²) in [7, 11) is 2.02. The van der Waals surface area contributed by atoms with Crippen LogP contribution in [0.4, 0.5) is 4.39 Å². The van der Waals surface area contributed by atoms with Crippen LogP contribution in [-0.2, 0) is 0 Å². The lowest BCUT2D eigenvalue weighted by atomic mass is 10.1. The van der Waals surface area contributed by atoms with Crippen molar-refractivity contribution >= 4 is 21.8 Å². The van der Waals surface area contributed by atoms with Crippen LogP contribution in [0.3, 0.4) is 0 Å². The molecule has 0 aliphatic carbocycles. The molecule has 1 heterocycles. The molecule has 1 saturated heterocycles. The zero-order valence-electron chi connectivity index (χ0n) is 13.3. The van der Waals surface area contributed by atoms with E-state index >= 15 is 0 Å². The molecule has 1 fully saturated rings. The van der Waals surface area contributed by atoms with Crippen molar-refractivity contribution in [3.05, 3.63) is 58.3 Å². The van der Waals surface area contributed by atoms with Crippen LogP contribution in [0.2, 0.25) is 0 Å². The Labute approximate surface area is 149 Å². The number of amides is 1. The van der Waals surface area contributed by atoms with Crippen LogP contribution in [0.25, 0.3) is 0 Å². The average Bonchev–Trinajstić information content (AvgIpc) is 2.58. The molecule has 1 amide bonds. The van der Waals surface area contributed by atoms with E-state index in [1.165, 1.54) is 12.1 Å². The van der Waals surface area contributed by atoms with Crippen molar-refractivity contribution in [2.75, 3.05) is 33.2 Å². The Morgan fingerprint density at radius 2 is 1.75 bits per heavy atom. The van der Waals surface area contributed by atoms with E-state index in [0.29, 0.717) is 24.4 Å². The lowest BCUT2D eigenvalue weighted by Crippen LogP contribution is -2.47. The molecule has 2 aromatic rings. The first-order chi connectivity index (χ1) is 11.5. The standard InChI is InChI=1S/C18H18BrFN2O2/c1-21-8-10-22(11-9-21)18(23)13-2-7-17(16(20)12-13)24-15-5-3-14(19)4-6-15/h2-7,12H,8-11H2,1H3. The van der Waals surface area contributed by atoms with Gasteiger partial charge < -0.3 is 14.5 Å². The fraction of sp³-hybridized carbons (Fsp3) is 0.278. The van der Waals surface area contributed by atoms with Gasteiger partial charge in [0.1, 0.15) is 5.75 Å². The highest BCUT2D eigenvalue weighted by Crippen LogP contribution is 2.26. The number of rotatable bonds is 3. The van der Waals surface area contributed by atoms with Crippen molar-refractivity contribution in [2.24, 2.45) is 0 Å². The van der Waals surface area contributed by atoms with Gasteiger partial charge in [0.05, 0.1) is 0 Å². The predicted octanol–water partition coefficient (Wildman–Crippen LogP) is 3.77. The number of hydrogen-bond acceptors (Lipinski definition) is 3. The van der Waals surface area contributed by atoms with Gasteiger partial charge in [-0.3, -0.25) is 4.79 Å². The molecular formula is C18H18BrFN2O2. The van der Waals surface area contributed by atoms with Gasteiger partial charge in [-0.25, -0.2) is 4.39 Å². The molecule has 0 bridgehead atoms. The predicted molar refractivity (Wildman–Crippen MR) is 94.0 cm³/mol. The fourth-order valence-electron chi connectivity index (χ4n) is 2.54. The van der Waals surface area contributed by atoms with E-state index in [4.69, 9.17) is 4.74 Å². The van der Waals surface area contributed by atoms with Crippen LogP contribution in [0, 0.1) is 5.82 Å². The first-order valence-electron chi connectivity index (χ1n) is 7.74. The molecular weight excluding hydrogens is 375 g/mol. The lowest BCUT2D eigenvalue weighted by Gasteiger charge is -2.32. The maximum atomic E-state index is 14.3. The topological polar surface area (TPSA) is 32.8 Å². The molecule has 6 heteroatoms. The third-order valence-corrected chi connectivity index (χ3v) is 4.54. The number of nitrogens with zero attached hydrogens (tertiary/aromatic N) is 2. The van der Waals surface area contributed by atoms with Crippen molar-refractivity contribution in [1.29, 1.82) is 0 Å². The molecule has 0 radical (unpaired) electrons. The summed E-state index contributed by atoms with van der Waals surface area (Å²) in [5.74, 6) is -0.0439. The average molecular weight is 393 g/mol. The minimum Gasteiger partial charge on any atom is -0.454 e. The smallest absolute Gasteiger partial charge is 0.254 e. The van der Waals surface area contributed by atoms with Gasteiger partial charge in [0.2, 0.25) is 0 Å². The summed E-state index contributed by atoms with van der Waals surface area (Å²) >= 11 is 3.34. The SMILES string of the molecule is CN1CCN(C(=O)c2ccc(Oc3ccc(Br)cc3)c(F)c2)CC1. The van der Waals surface area contributed by atoms with Crippen molar-refractivity contribution < 1.29 is 13.9 Å². The van der Waals surface area contributed by atoms with Gasteiger partial charge in [0, 0.05) is 36.2 Å². The number of hydrogen-bond donors (Lipinski definition) is 0. The number of carbonyl (C=O) groups is 1. The molecule has 2 aromatic carbocycles. The van der Waals surface area contributed by atoms with E-state index in [-0.39, 0.29) is 11.7 Å². The third kappa shape index (κ3) is 3.94. The number of piperazine rings is 1. The lowest BCUT2D eigenvalue weighted by molar-refractivity contribution is 0.0663. The Balaban J connectivity index is 1.72. The number of benzene rings is 2. The Hall–Kier alpha value is -1.92. The molecule has 4 nitrogen and oxygen atoms in total. The first-order valence-corrected chi connectivity index (χ1v) is 8.53. The molecule has 1 aliphatic heterocycles. The molecule has 126 valence electrons. The minimum absolute atomic E-state index is 0.104. The summed E-state index contributed by atoms with van der Waals surface area (Å²) < 4.78 is 20.7. The van der Waals surface area contributed by atoms with Crippen LogP contribution in [0.5, 0.6) is 11.5 Å². The molecule has 1 aliphatic rings. The maximum Gasteiger partial charge on any atom is 0.254 e. The van der Waals surface area contributed by atoms with Gasteiger partial charge >= 0.3 is 0 Å². The van der Waals surface area contributed by atoms with Crippen molar-refractivity contribution in [3.8, 4) is 11.5 Å². The number of carbonyl (C=O) groups excluding carboxylic acids is 1. The van der Waals surface area contributed by atoms with E-state index < -0.39 is 5.82 Å². The van der Waals surface area contributed by atoms with Crippen molar-refractivity contribution in [2.45, 2.75) is 0 Å². The van der Waals surface area contributed by atoms with Crippen LogP contribution >= 0.6 is 15.9 Å². The van der Waals surface area contributed by atoms with Gasteiger partial charge in [0.15, 0.2) is 11.6 Å². The van der Waals surface area contributed by atoms with E-state index in [1.54, 1.807) is 23.1 Å². The van der Waals surface area contributed by atoms with Gasteiger partial charge in [-0.2, -0.15) is 0 Å². The summed E-state index contributed by atoms with van der Waals surface area (Å²) in [6.45, 7) is 2.99. The molecule has 0 aromatic heterocycles. The summed E-state index contributed by atoms with van der Waals surface area (Å²) in [5.41, 5.74) is 0.347. The quantitative estimate of drug-likeness (QED) is 0.796. The highest BCUT2D eigenvalue weighted by atomic mass is 79.9. The summed E-state index contributed by atoms with van der Waals surface area (Å²) in [6, 6.07) is 11.5. The van der Waals surface area contributed by atoms with Gasteiger partial charge in [-0.1, -0.05) is 15.9 Å². The van der Waals surface area contributed by atoms with Crippen molar-refractivity contribution in [1.82, 2.24) is 9.80 Å². The number of halogens is 2. The highest BCUT2D eigenvalue weighted by molar-refractivity contribution is 9.10. The second-order valence-electron chi connectivity index (χ2n) is 5.80. The molecule has 0 atom stereocenters. The van der Waals surface area contributed by atoms with Gasteiger partial charge in [-0.15, -0.1) is 0 Å². The second kappa shape index (κ2) is 7.32. The van der Waals surface area contributed by atoms with Crippen LogP contribution in [-0.4, -0.2) is 48.9 Å². The monoisotopic (exact) mass is 392 g/mol. The minimum atomic E-state index is -0.544. The molecule has 0 saturated carbocycles.